The molecule has 0 saturated heterocycles. The van der Waals surface area contributed by atoms with Crippen molar-refractivity contribution in [1.29, 1.82) is 0 Å². The summed E-state index contributed by atoms with van der Waals surface area (Å²) in [5.41, 5.74) is 3.82. The van der Waals surface area contributed by atoms with Crippen LogP contribution in [0.4, 0.5) is 11.4 Å². The zero-order valence-corrected chi connectivity index (χ0v) is 12.1. The van der Waals surface area contributed by atoms with Crippen LogP contribution >= 0.6 is 0 Å². The molecule has 0 spiro atoms. The zero-order chi connectivity index (χ0) is 14.5. The first-order valence-corrected chi connectivity index (χ1v) is 6.71. The summed E-state index contributed by atoms with van der Waals surface area (Å²) in [5, 5.41) is 10.3. The van der Waals surface area contributed by atoms with Gasteiger partial charge in [-0.3, -0.25) is 9.48 Å². The molecule has 0 atom stereocenters. The third-order valence-electron chi connectivity index (χ3n) is 2.98. The van der Waals surface area contributed by atoms with Gasteiger partial charge in [0, 0.05) is 18.9 Å². The van der Waals surface area contributed by atoms with Crippen LogP contribution in [-0.2, 0) is 18.3 Å². The Kier molecular flexibility index (Phi) is 4.40. The van der Waals surface area contributed by atoms with E-state index in [-0.39, 0.29) is 12.5 Å². The highest BCUT2D eigenvalue weighted by molar-refractivity contribution is 5.93. The highest BCUT2D eigenvalue weighted by atomic mass is 16.1. The van der Waals surface area contributed by atoms with Gasteiger partial charge in [-0.25, -0.2) is 0 Å². The molecule has 0 fully saturated rings. The van der Waals surface area contributed by atoms with E-state index in [0.717, 1.165) is 29.1 Å². The lowest BCUT2D eigenvalue weighted by Crippen LogP contribution is -2.22. The van der Waals surface area contributed by atoms with Crippen molar-refractivity contribution >= 4 is 17.3 Å². The molecule has 0 aliphatic rings. The van der Waals surface area contributed by atoms with E-state index in [9.17, 15) is 4.79 Å². The summed E-state index contributed by atoms with van der Waals surface area (Å²) in [7, 11) is 1.87. The number of anilines is 2. The largest absolute Gasteiger partial charge is 0.373 e. The molecule has 20 heavy (non-hydrogen) atoms. The van der Waals surface area contributed by atoms with Crippen molar-refractivity contribution in [3.8, 4) is 0 Å². The summed E-state index contributed by atoms with van der Waals surface area (Å²) in [6.07, 6.45) is 2.72. The maximum atomic E-state index is 11.9. The summed E-state index contributed by atoms with van der Waals surface area (Å²) in [4.78, 5) is 11.9. The quantitative estimate of drug-likeness (QED) is 0.878. The standard InChI is InChI=1S/C15H20N4O/c1-4-13-14(10-19(3)18-13)16-9-15(20)17-12-7-5-6-11(2)8-12/h5-8,10,16H,4,9H2,1-3H3,(H,17,20). The smallest absolute Gasteiger partial charge is 0.243 e. The average molecular weight is 272 g/mol. The van der Waals surface area contributed by atoms with E-state index in [4.69, 9.17) is 0 Å². The first kappa shape index (κ1) is 14.1. The van der Waals surface area contributed by atoms with Crippen LogP contribution in [-0.4, -0.2) is 22.2 Å². The van der Waals surface area contributed by atoms with Crippen LogP contribution < -0.4 is 10.6 Å². The Hall–Kier alpha value is -2.30. The highest BCUT2D eigenvalue weighted by Crippen LogP contribution is 2.13. The SMILES string of the molecule is CCc1nn(C)cc1NCC(=O)Nc1cccc(C)c1. The highest BCUT2D eigenvalue weighted by Gasteiger charge is 2.07. The van der Waals surface area contributed by atoms with Crippen LogP contribution in [0, 0.1) is 6.92 Å². The number of rotatable bonds is 5. The fourth-order valence-corrected chi connectivity index (χ4v) is 2.05. The molecule has 2 N–H and O–H groups in total. The second kappa shape index (κ2) is 6.23. The Balaban J connectivity index is 1.92. The van der Waals surface area contributed by atoms with Gasteiger partial charge in [0.2, 0.25) is 5.91 Å². The lowest BCUT2D eigenvalue weighted by molar-refractivity contribution is -0.114. The molecule has 0 aliphatic carbocycles. The van der Waals surface area contributed by atoms with Gasteiger partial charge in [0.25, 0.3) is 0 Å². The monoisotopic (exact) mass is 272 g/mol. The normalized spacial score (nSPS) is 10.3. The molecule has 0 aliphatic heterocycles. The minimum Gasteiger partial charge on any atom is -0.373 e. The van der Waals surface area contributed by atoms with Gasteiger partial charge in [-0.15, -0.1) is 0 Å². The molecule has 5 heteroatoms. The van der Waals surface area contributed by atoms with Crippen molar-refractivity contribution in [2.24, 2.45) is 7.05 Å². The number of carbonyl (C=O) groups is 1. The number of carbonyl (C=O) groups excluding carboxylic acids is 1. The van der Waals surface area contributed by atoms with Crippen LogP contribution in [0.3, 0.4) is 0 Å². The lowest BCUT2D eigenvalue weighted by Gasteiger charge is -2.07. The van der Waals surface area contributed by atoms with Crippen LogP contribution in [0.1, 0.15) is 18.2 Å². The predicted octanol–water partition coefficient (Wildman–Crippen LogP) is 2.34. The number of nitrogens with one attached hydrogen (secondary N) is 2. The zero-order valence-electron chi connectivity index (χ0n) is 12.1. The number of hydrogen-bond donors (Lipinski definition) is 2. The summed E-state index contributed by atoms with van der Waals surface area (Å²) >= 11 is 0. The summed E-state index contributed by atoms with van der Waals surface area (Å²) < 4.78 is 1.75. The Morgan fingerprint density at radius 3 is 2.90 bits per heavy atom. The topological polar surface area (TPSA) is 59.0 Å². The van der Waals surface area contributed by atoms with Crippen LogP contribution in [0.2, 0.25) is 0 Å². The molecule has 1 aromatic heterocycles. The van der Waals surface area contributed by atoms with Gasteiger partial charge in [-0.1, -0.05) is 19.1 Å². The van der Waals surface area contributed by atoms with E-state index >= 15 is 0 Å². The summed E-state index contributed by atoms with van der Waals surface area (Å²) in [6.45, 7) is 4.27. The van der Waals surface area contributed by atoms with Crippen molar-refractivity contribution in [3.63, 3.8) is 0 Å². The molecule has 2 rings (SSSR count). The summed E-state index contributed by atoms with van der Waals surface area (Å²) in [6, 6.07) is 7.75. The third kappa shape index (κ3) is 3.60. The Morgan fingerprint density at radius 2 is 2.20 bits per heavy atom. The van der Waals surface area contributed by atoms with Gasteiger partial charge in [0.1, 0.15) is 0 Å². The van der Waals surface area contributed by atoms with Gasteiger partial charge in [0.05, 0.1) is 17.9 Å². The number of hydrogen-bond acceptors (Lipinski definition) is 3. The maximum Gasteiger partial charge on any atom is 0.243 e. The van der Waals surface area contributed by atoms with Gasteiger partial charge >= 0.3 is 0 Å². The van der Waals surface area contributed by atoms with Gasteiger partial charge in [-0.05, 0) is 31.0 Å². The van der Waals surface area contributed by atoms with Crippen molar-refractivity contribution < 1.29 is 4.79 Å². The number of amides is 1. The number of aromatic nitrogens is 2. The number of benzene rings is 1. The molecule has 1 aromatic carbocycles. The van der Waals surface area contributed by atoms with Crippen molar-refractivity contribution in [2.75, 3.05) is 17.2 Å². The van der Waals surface area contributed by atoms with Crippen molar-refractivity contribution in [3.05, 3.63) is 41.7 Å². The molecular weight excluding hydrogens is 252 g/mol. The molecule has 0 bridgehead atoms. The summed E-state index contributed by atoms with van der Waals surface area (Å²) in [5.74, 6) is -0.0680. The maximum absolute atomic E-state index is 11.9. The third-order valence-corrected chi connectivity index (χ3v) is 2.98. The Labute approximate surface area is 119 Å². The molecule has 0 radical (unpaired) electrons. The number of aryl methyl sites for hydroxylation is 3. The first-order chi connectivity index (χ1) is 9.58. The average Bonchev–Trinajstić information content (AvgIpc) is 2.77. The molecule has 0 unspecified atom stereocenters. The fraction of sp³-hybridized carbons (Fsp3) is 0.333. The van der Waals surface area contributed by atoms with E-state index in [0.29, 0.717) is 0 Å². The van der Waals surface area contributed by atoms with Crippen LogP contribution in [0.5, 0.6) is 0 Å². The van der Waals surface area contributed by atoms with Crippen LogP contribution in [0.15, 0.2) is 30.5 Å². The number of nitrogens with zero attached hydrogens (tertiary/aromatic N) is 2. The Morgan fingerprint density at radius 1 is 1.40 bits per heavy atom. The molecule has 1 heterocycles. The second-order valence-electron chi connectivity index (χ2n) is 4.79. The first-order valence-electron chi connectivity index (χ1n) is 6.71. The van der Waals surface area contributed by atoms with E-state index < -0.39 is 0 Å². The predicted molar refractivity (Wildman–Crippen MR) is 80.9 cm³/mol. The molecule has 0 saturated carbocycles. The second-order valence-corrected chi connectivity index (χ2v) is 4.79. The molecular formula is C15H20N4O. The van der Waals surface area contributed by atoms with Gasteiger partial charge in [-0.2, -0.15) is 5.10 Å². The molecule has 106 valence electrons. The molecule has 2 aromatic rings. The van der Waals surface area contributed by atoms with E-state index in [1.807, 2.05) is 51.4 Å². The van der Waals surface area contributed by atoms with E-state index in [2.05, 4.69) is 15.7 Å². The van der Waals surface area contributed by atoms with Crippen molar-refractivity contribution in [1.82, 2.24) is 9.78 Å². The van der Waals surface area contributed by atoms with Gasteiger partial charge < -0.3 is 10.6 Å². The van der Waals surface area contributed by atoms with E-state index in [1.165, 1.54) is 0 Å². The Bertz CT molecular complexity index is 604. The van der Waals surface area contributed by atoms with E-state index in [1.54, 1.807) is 4.68 Å². The van der Waals surface area contributed by atoms with Crippen molar-refractivity contribution in [2.45, 2.75) is 20.3 Å². The lowest BCUT2D eigenvalue weighted by atomic mass is 10.2. The fourth-order valence-electron chi connectivity index (χ4n) is 2.05. The minimum absolute atomic E-state index is 0.0680. The minimum atomic E-state index is -0.0680. The molecule has 5 nitrogen and oxygen atoms in total. The van der Waals surface area contributed by atoms with Gasteiger partial charge in [0.15, 0.2) is 0 Å². The van der Waals surface area contributed by atoms with Crippen LogP contribution in [0.25, 0.3) is 0 Å². The molecule has 1 amide bonds.